The average molecular weight is 317 g/mol. The summed E-state index contributed by atoms with van der Waals surface area (Å²) in [7, 11) is 0. The fourth-order valence-electron chi connectivity index (χ4n) is 2.61. The summed E-state index contributed by atoms with van der Waals surface area (Å²) in [5.41, 5.74) is 2.86. The predicted molar refractivity (Wildman–Crippen MR) is 90.9 cm³/mol. The fourth-order valence-corrected chi connectivity index (χ4v) is 2.73. The van der Waals surface area contributed by atoms with Gasteiger partial charge < -0.3 is 5.11 Å². The van der Waals surface area contributed by atoms with E-state index in [-0.39, 0.29) is 5.75 Å². The van der Waals surface area contributed by atoms with Gasteiger partial charge in [-0.3, -0.25) is 4.79 Å². The monoisotopic (exact) mass is 316 g/mol. The zero-order valence-corrected chi connectivity index (χ0v) is 13.5. The third kappa shape index (κ3) is 4.88. The molecule has 0 aromatic heterocycles. The van der Waals surface area contributed by atoms with Crippen LogP contribution in [0.5, 0.6) is 5.75 Å². The van der Waals surface area contributed by atoms with E-state index >= 15 is 0 Å². The lowest BCUT2D eigenvalue weighted by atomic mass is 9.93. The van der Waals surface area contributed by atoms with Gasteiger partial charge in [0.05, 0.1) is 0 Å². The van der Waals surface area contributed by atoms with Crippen molar-refractivity contribution in [3.63, 3.8) is 0 Å². The number of aldehydes is 1. The maximum atomic E-state index is 10.9. The highest BCUT2D eigenvalue weighted by Gasteiger charge is 2.08. The molecule has 0 saturated heterocycles. The Bertz CT molecular complexity index is 620. The van der Waals surface area contributed by atoms with Gasteiger partial charge in [0.25, 0.3) is 0 Å². The van der Waals surface area contributed by atoms with E-state index in [1.807, 2.05) is 18.2 Å². The summed E-state index contributed by atoms with van der Waals surface area (Å²) >= 11 is 5.87. The van der Waals surface area contributed by atoms with Gasteiger partial charge in [0, 0.05) is 10.6 Å². The van der Waals surface area contributed by atoms with Crippen molar-refractivity contribution in [3.05, 3.63) is 64.2 Å². The van der Waals surface area contributed by atoms with Crippen LogP contribution in [0.25, 0.3) is 0 Å². The summed E-state index contributed by atoms with van der Waals surface area (Å²) in [5, 5.41) is 10.4. The Hall–Kier alpha value is -1.80. The molecular weight excluding hydrogens is 296 g/mol. The quantitative estimate of drug-likeness (QED) is 0.550. The molecule has 2 nitrogen and oxygen atoms in total. The molecule has 0 bridgehead atoms. The number of phenolic OH excluding ortho intramolecular Hbond substituents is 1. The van der Waals surface area contributed by atoms with E-state index in [9.17, 15) is 9.90 Å². The van der Waals surface area contributed by atoms with Crippen molar-refractivity contribution in [1.82, 2.24) is 0 Å². The van der Waals surface area contributed by atoms with E-state index in [2.05, 4.69) is 19.1 Å². The number of hydrogen-bond donors (Lipinski definition) is 1. The van der Waals surface area contributed by atoms with Crippen LogP contribution in [0, 0.1) is 0 Å². The summed E-state index contributed by atoms with van der Waals surface area (Å²) in [5.74, 6) is 0.489. The van der Waals surface area contributed by atoms with Crippen LogP contribution in [0.15, 0.2) is 42.5 Å². The molecule has 1 N–H and O–H groups in total. The molecule has 22 heavy (non-hydrogen) atoms. The summed E-state index contributed by atoms with van der Waals surface area (Å²) in [6.07, 6.45) is 5.08. The fraction of sp³-hybridized carbons (Fsp3) is 0.316. The molecule has 1 unspecified atom stereocenters. The molecule has 2 rings (SSSR count). The molecule has 0 saturated carbocycles. The summed E-state index contributed by atoms with van der Waals surface area (Å²) in [6.45, 7) is 2.13. The van der Waals surface area contributed by atoms with Crippen molar-refractivity contribution >= 4 is 17.9 Å². The molecule has 2 aromatic rings. The lowest BCUT2D eigenvalue weighted by molar-refractivity contribution is 0.112. The zero-order valence-electron chi connectivity index (χ0n) is 12.8. The van der Waals surface area contributed by atoms with Gasteiger partial charge in [-0.1, -0.05) is 37.1 Å². The second kappa shape index (κ2) is 8.00. The van der Waals surface area contributed by atoms with Gasteiger partial charge in [0.15, 0.2) is 0 Å². The van der Waals surface area contributed by atoms with Crippen molar-refractivity contribution in [3.8, 4) is 5.75 Å². The largest absolute Gasteiger partial charge is 0.508 e. The molecule has 2 aromatic carbocycles. The average Bonchev–Trinajstić information content (AvgIpc) is 2.52. The third-order valence-electron chi connectivity index (χ3n) is 3.93. The van der Waals surface area contributed by atoms with Gasteiger partial charge >= 0.3 is 0 Å². The minimum absolute atomic E-state index is 0.160. The van der Waals surface area contributed by atoms with Crippen molar-refractivity contribution in [2.24, 2.45) is 0 Å². The molecule has 1 atom stereocenters. The van der Waals surface area contributed by atoms with Crippen LogP contribution in [0.3, 0.4) is 0 Å². The molecular formula is C19H21ClO2. The van der Waals surface area contributed by atoms with Gasteiger partial charge in [-0.25, -0.2) is 0 Å². The highest BCUT2D eigenvalue weighted by Crippen LogP contribution is 2.26. The van der Waals surface area contributed by atoms with Crippen molar-refractivity contribution in [2.75, 3.05) is 0 Å². The number of benzene rings is 2. The van der Waals surface area contributed by atoms with Gasteiger partial charge in [-0.2, -0.15) is 0 Å². The number of phenols is 1. The molecule has 0 aliphatic rings. The number of aromatic hydroxyl groups is 1. The van der Waals surface area contributed by atoms with Crippen LogP contribution in [-0.4, -0.2) is 11.4 Å². The van der Waals surface area contributed by atoms with Crippen LogP contribution in [-0.2, 0) is 6.42 Å². The highest BCUT2D eigenvalue weighted by molar-refractivity contribution is 6.30. The predicted octanol–water partition coefficient (Wildman–Crippen LogP) is 5.37. The van der Waals surface area contributed by atoms with Crippen LogP contribution < -0.4 is 0 Å². The minimum atomic E-state index is 0.160. The molecule has 0 amide bonds. The molecule has 0 radical (unpaired) electrons. The number of carbonyl (C=O) groups excluding carboxylic acids is 1. The Morgan fingerprint density at radius 2 is 1.86 bits per heavy atom. The van der Waals surface area contributed by atoms with Crippen molar-refractivity contribution in [2.45, 2.75) is 38.5 Å². The Morgan fingerprint density at radius 1 is 1.14 bits per heavy atom. The molecule has 0 heterocycles. The van der Waals surface area contributed by atoms with Crippen LogP contribution in [0.2, 0.25) is 5.02 Å². The molecule has 0 aliphatic heterocycles. The number of hydrogen-bond acceptors (Lipinski definition) is 2. The number of rotatable bonds is 7. The maximum absolute atomic E-state index is 10.9. The second-order valence-corrected chi connectivity index (χ2v) is 6.19. The van der Waals surface area contributed by atoms with Gasteiger partial charge in [-0.15, -0.1) is 0 Å². The minimum Gasteiger partial charge on any atom is -0.508 e. The topological polar surface area (TPSA) is 37.3 Å². The Kier molecular flexibility index (Phi) is 6.02. The van der Waals surface area contributed by atoms with Gasteiger partial charge in [0.2, 0.25) is 0 Å². The van der Waals surface area contributed by atoms with Gasteiger partial charge in [0.1, 0.15) is 12.0 Å². The Morgan fingerprint density at radius 3 is 2.55 bits per heavy atom. The van der Waals surface area contributed by atoms with E-state index < -0.39 is 0 Å². The molecule has 3 heteroatoms. The number of carbonyl (C=O) groups is 1. The highest BCUT2D eigenvalue weighted by atomic mass is 35.5. The van der Waals surface area contributed by atoms with E-state index in [4.69, 9.17) is 11.6 Å². The molecule has 0 aliphatic carbocycles. The van der Waals surface area contributed by atoms with Crippen molar-refractivity contribution in [1.29, 1.82) is 0 Å². The van der Waals surface area contributed by atoms with Gasteiger partial charge in [-0.05, 0) is 66.6 Å². The first-order valence-corrected chi connectivity index (χ1v) is 8.00. The number of halogens is 1. The standard InChI is InChI=1S/C19H21ClO2/c1-14(17-10-16(13-21)11-19(22)12-17)4-2-3-5-15-6-8-18(20)9-7-15/h6-14,22H,2-5H2,1H3. The van der Waals surface area contributed by atoms with E-state index in [0.717, 1.165) is 42.6 Å². The normalized spacial score (nSPS) is 12.1. The SMILES string of the molecule is CC(CCCCc1ccc(Cl)cc1)c1cc(O)cc(C=O)c1. The van der Waals surface area contributed by atoms with E-state index in [1.54, 1.807) is 6.07 Å². The third-order valence-corrected chi connectivity index (χ3v) is 4.19. The van der Waals surface area contributed by atoms with Crippen LogP contribution in [0.1, 0.15) is 53.6 Å². The lowest BCUT2D eigenvalue weighted by Gasteiger charge is -2.13. The summed E-state index contributed by atoms with van der Waals surface area (Å²) in [4.78, 5) is 10.9. The van der Waals surface area contributed by atoms with Crippen LogP contribution >= 0.6 is 11.6 Å². The lowest BCUT2D eigenvalue weighted by Crippen LogP contribution is -1.96. The maximum Gasteiger partial charge on any atom is 0.150 e. The second-order valence-electron chi connectivity index (χ2n) is 5.75. The van der Waals surface area contributed by atoms with E-state index in [0.29, 0.717) is 11.5 Å². The first-order chi connectivity index (χ1) is 10.6. The van der Waals surface area contributed by atoms with Crippen molar-refractivity contribution < 1.29 is 9.90 Å². The Balaban J connectivity index is 1.82. The summed E-state index contributed by atoms with van der Waals surface area (Å²) < 4.78 is 0. The molecule has 0 spiro atoms. The van der Waals surface area contributed by atoms with E-state index in [1.165, 1.54) is 11.6 Å². The first kappa shape index (κ1) is 16.6. The molecule has 0 fully saturated rings. The number of unbranched alkanes of at least 4 members (excludes halogenated alkanes) is 1. The number of aryl methyl sites for hydroxylation is 1. The Labute approximate surface area is 136 Å². The first-order valence-electron chi connectivity index (χ1n) is 7.62. The van der Waals surface area contributed by atoms with Crippen LogP contribution in [0.4, 0.5) is 0 Å². The summed E-state index contributed by atoms with van der Waals surface area (Å²) in [6, 6.07) is 13.1. The zero-order chi connectivity index (χ0) is 15.9. The molecule has 116 valence electrons. The smallest absolute Gasteiger partial charge is 0.150 e.